The summed E-state index contributed by atoms with van der Waals surface area (Å²) in [6.45, 7) is 0. The van der Waals surface area contributed by atoms with Gasteiger partial charge in [-0.15, -0.1) is 0 Å². The van der Waals surface area contributed by atoms with Crippen LogP contribution < -0.4 is 0 Å². The molecule has 0 saturated carbocycles. The molecule has 74 heavy (non-hydrogen) atoms. The van der Waals surface area contributed by atoms with Gasteiger partial charge in [0.1, 0.15) is 0 Å². The van der Waals surface area contributed by atoms with Gasteiger partial charge in [-0.05, 0) is 101 Å². The molecular formula is C70H40N4. The summed E-state index contributed by atoms with van der Waals surface area (Å²) >= 11 is 0. The first-order valence-corrected chi connectivity index (χ1v) is 25.7. The Bertz CT molecular complexity index is 5420. The Morgan fingerprint density at radius 3 is 1.26 bits per heavy atom. The minimum atomic E-state index is 1.17. The summed E-state index contributed by atoms with van der Waals surface area (Å²) in [6.07, 6.45) is 0. The summed E-state index contributed by atoms with van der Waals surface area (Å²) in [7, 11) is 0. The minimum absolute atomic E-state index is 1.17. The van der Waals surface area contributed by atoms with E-state index in [1.807, 2.05) is 0 Å². The number of hydrogen-bond donors (Lipinski definition) is 0. The Balaban J connectivity index is 0.936. The first kappa shape index (κ1) is 38.8. The summed E-state index contributed by atoms with van der Waals surface area (Å²) in [4.78, 5) is 0. The maximum absolute atomic E-state index is 2.62. The fourth-order valence-electron chi connectivity index (χ4n) is 13.9. The highest BCUT2D eigenvalue weighted by atomic mass is 15.0. The van der Waals surface area contributed by atoms with Crippen molar-refractivity contribution in [2.45, 2.75) is 0 Å². The van der Waals surface area contributed by atoms with Crippen LogP contribution in [0.1, 0.15) is 0 Å². The second-order valence-corrected chi connectivity index (χ2v) is 20.3. The predicted molar refractivity (Wildman–Crippen MR) is 313 cm³/mol. The lowest BCUT2D eigenvalue weighted by atomic mass is 9.96. The molecule has 0 unspecified atom stereocenters. The third-order valence-corrected chi connectivity index (χ3v) is 16.8. The van der Waals surface area contributed by atoms with E-state index in [9.17, 15) is 0 Å². The Morgan fingerprint density at radius 2 is 0.649 bits per heavy atom. The van der Waals surface area contributed by atoms with Crippen molar-refractivity contribution in [1.82, 2.24) is 17.9 Å². The van der Waals surface area contributed by atoms with E-state index < -0.39 is 0 Å². The number of benzene rings is 12. The lowest BCUT2D eigenvalue weighted by Crippen LogP contribution is -1.93. The third kappa shape index (κ3) is 4.79. The molecule has 0 saturated heterocycles. The monoisotopic (exact) mass is 936 g/mol. The van der Waals surface area contributed by atoms with Gasteiger partial charge < -0.3 is 17.9 Å². The molecule has 0 amide bonds. The zero-order valence-electron chi connectivity index (χ0n) is 39.9. The van der Waals surface area contributed by atoms with Gasteiger partial charge in [-0.3, -0.25) is 0 Å². The van der Waals surface area contributed by atoms with Gasteiger partial charge in [0, 0.05) is 87.1 Å². The third-order valence-electron chi connectivity index (χ3n) is 16.8. The van der Waals surface area contributed by atoms with Gasteiger partial charge in [0.15, 0.2) is 0 Å². The molecular weight excluding hydrogens is 897 g/mol. The Hall–Kier alpha value is -9.90. The predicted octanol–water partition coefficient (Wildman–Crippen LogP) is 18.7. The van der Waals surface area contributed by atoms with Crippen molar-refractivity contribution in [2.24, 2.45) is 0 Å². The van der Waals surface area contributed by atoms with Crippen molar-refractivity contribution >= 4 is 131 Å². The van der Waals surface area contributed by atoms with Crippen molar-refractivity contribution in [3.8, 4) is 33.6 Å². The quantitative estimate of drug-likeness (QED) is 0.167. The smallest absolute Gasteiger partial charge is 0.0627 e. The molecule has 0 N–H and O–H groups in total. The molecule has 0 aliphatic carbocycles. The number of rotatable bonds is 4. The molecule has 18 rings (SSSR count). The molecule has 18 aromatic rings. The molecule has 4 heteroatoms. The average Bonchev–Trinajstić information content (AvgIpc) is 4.34. The van der Waals surface area contributed by atoms with E-state index in [1.54, 1.807) is 0 Å². The summed E-state index contributed by atoms with van der Waals surface area (Å²) in [6, 6.07) is 90.5. The lowest BCUT2D eigenvalue weighted by molar-refractivity contribution is 1.18. The van der Waals surface area contributed by atoms with E-state index in [4.69, 9.17) is 0 Å². The van der Waals surface area contributed by atoms with Crippen LogP contribution in [-0.4, -0.2) is 17.9 Å². The molecule has 0 radical (unpaired) electrons. The number of para-hydroxylation sites is 7. The fraction of sp³-hybridized carbons (Fsp3) is 0. The highest BCUT2D eigenvalue weighted by Crippen LogP contribution is 2.51. The second kappa shape index (κ2) is 13.9. The molecule has 12 aromatic carbocycles. The molecule has 6 heterocycles. The summed E-state index contributed by atoms with van der Waals surface area (Å²) in [5, 5.41) is 17.9. The van der Waals surface area contributed by atoms with Crippen LogP contribution in [0.3, 0.4) is 0 Å². The van der Waals surface area contributed by atoms with Crippen LogP contribution in [0.4, 0.5) is 0 Å². The Labute approximate surface area is 422 Å². The van der Waals surface area contributed by atoms with Crippen LogP contribution >= 0.6 is 0 Å². The zero-order valence-corrected chi connectivity index (χ0v) is 39.9. The van der Waals surface area contributed by atoms with Gasteiger partial charge in [0.25, 0.3) is 0 Å². The first-order valence-electron chi connectivity index (χ1n) is 25.7. The van der Waals surface area contributed by atoms with Crippen LogP contribution in [0.5, 0.6) is 0 Å². The highest BCUT2D eigenvalue weighted by molar-refractivity contribution is 6.40. The number of aromatic nitrogens is 4. The van der Waals surface area contributed by atoms with Crippen LogP contribution in [0.25, 0.3) is 164 Å². The van der Waals surface area contributed by atoms with Crippen LogP contribution in [0, 0.1) is 0 Å². The Morgan fingerprint density at radius 1 is 0.216 bits per heavy atom. The molecule has 0 fully saturated rings. The molecule has 0 atom stereocenters. The van der Waals surface area contributed by atoms with Crippen LogP contribution in [0.15, 0.2) is 243 Å². The maximum Gasteiger partial charge on any atom is 0.0627 e. The zero-order chi connectivity index (χ0) is 47.9. The molecule has 6 aromatic heterocycles. The first-order chi connectivity index (χ1) is 36.8. The van der Waals surface area contributed by atoms with Crippen LogP contribution in [-0.2, 0) is 0 Å². The molecule has 0 spiro atoms. The molecule has 4 nitrogen and oxygen atoms in total. The molecule has 340 valence electrons. The van der Waals surface area contributed by atoms with Crippen molar-refractivity contribution in [2.75, 3.05) is 0 Å². The van der Waals surface area contributed by atoms with Gasteiger partial charge >= 0.3 is 0 Å². The largest absolute Gasteiger partial charge is 0.309 e. The van der Waals surface area contributed by atoms with Crippen molar-refractivity contribution in [3.63, 3.8) is 0 Å². The van der Waals surface area contributed by atoms with Gasteiger partial charge in [0.2, 0.25) is 0 Å². The SMILES string of the molecule is c1ccc(-n2c3ccccc3c3cc(-c4cccc5c6cccc7c8c9c%10c%11ccccc%11cc%11c%12cccc(-c%13ccc%14c(c%13)c%13ccccc%13n%14-c%13ccccc%13)c%12n(c9ccc8n(c45)c67)c%11%10)ccc32)cc1. The minimum Gasteiger partial charge on any atom is -0.309 e. The maximum atomic E-state index is 2.62. The van der Waals surface area contributed by atoms with Crippen molar-refractivity contribution in [3.05, 3.63) is 243 Å². The van der Waals surface area contributed by atoms with Gasteiger partial charge in [-0.25, -0.2) is 0 Å². The summed E-state index contributed by atoms with van der Waals surface area (Å²) in [5.41, 5.74) is 19.6. The van der Waals surface area contributed by atoms with E-state index in [-0.39, 0.29) is 0 Å². The standard InChI is InChI=1S/C70H40N4/c1-3-17-44(18-4-1)71-58-30-11-9-22-49(58)55-38-42(32-34-60(55)71)47-24-13-26-51-52-27-15-29-54-64-62(73(67(47)51)69(52)54)36-37-63-66(64)65-46-21-8-7-16-41(46)40-57-53-28-14-25-48(68(53)74(63)70(57)65)43-33-35-61-56(39-43)50-23-10-12-31-59(50)72(61)45-19-5-2-6-20-45/h1-40H. The lowest BCUT2D eigenvalue weighted by Gasteiger charge is -2.10. The van der Waals surface area contributed by atoms with Crippen molar-refractivity contribution < 1.29 is 0 Å². The van der Waals surface area contributed by atoms with Crippen molar-refractivity contribution in [1.29, 1.82) is 0 Å². The Kier molecular flexibility index (Phi) is 7.31. The second-order valence-electron chi connectivity index (χ2n) is 20.3. The molecule has 0 aliphatic heterocycles. The number of fused-ring (bicyclic) bond motifs is 21. The number of hydrogen-bond acceptors (Lipinski definition) is 0. The average molecular weight is 937 g/mol. The fourth-order valence-corrected chi connectivity index (χ4v) is 13.9. The van der Waals surface area contributed by atoms with Gasteiger partial charge in [-0.1, -0.05) is 164 Å². The summed E-state index contributed by atoms with van der Waals surface area (Å²) in [5.74, 6) is 0. The highest BCUT2D eigenvalue weighted by Gasteiger charge is 2.28. The van der Waals surface area contributed by atoms with Crippen LogP contribution in [0.2, 0.25) is 0 Å². The molecule has 0 bridgehead atoms. The molecule has 0 aliphatic rings. The topological polar surface area (TPSA) is 18.7 Å². The van der Waals surface area contributed by atoms with Gasteiger partial charge in [0.05, 0.1) is 55.2 Å². The van der Waals surface area contributed by atoms with E-state index in [0.29, 0.717) is 0 Å². The normalized spacial score (nSPS) is 12.6. The van der Waals surface area contributed by atoms with E-state index in [1.165, 1.54) is 164 Å². The van der Waals surface area contributed by atoms with E-state index in [0.717, 1.165) is 0 Å². The van der Waals surface area contributed by atoms with E-state index >= 15 is 0 Å². The summed E-state index contributed by atoms with van der Waals surface area (Å²) < 4.78 is 10.0. The van der Waals surface area contributed by atoms with Gasteiger partial charge in [-0.2, -0.15) is 0 Å². The van der Waals surface area contributed by atoms with E-state index in [2.05, 4.69) is 261 Å². The number of nitrogens with zero attached hydrogens (tertiary/aromatic N) is 4.